The first-order valence-corrected chi connectivity index (χ1v) is 11.9. The summed E-state index contributed by atoms with van der Waals surface area (Å²) in [6, 6.07) is 20.5. The van der Waals surface area contributed by atoms with Crippen LogP contribution in [-0.2, 0) is 11.4 Å². The van der Waals surface area contributed by atoms with Crippen LogP contribution in [0.2, 0.25) is 0 Å². The molecule has 5 rings (SSSR count). The number of fused-ring (bicyclic) bond motifs is 1. The first-order chi connectivity index (χ1) is 16.7. The van der Waals surface area contributed by atoms with Gasteiger partial charge in [-0.1, -0.05) is 42.5 Å². The van der Waals surface area contributed by atoms with Gasteiger partial charge in [-0.15, -0.1) is 11.3 Å². The molecule has 7 nitrogen and oxygen atoms in total. The zero-order valence-corrected chi connectivity index (χ0v) is 19.1. The van der Waals surface area contributed by atoms with Gasteiger partial charge in [0.15, 0.2) is 5.76 Å². The summed E-state index contributed by atoms with van der Waals surface area (Å²) in [5.41, 5.74) is 5.97. The van der Waals surface area contributed by atoms with E-state index in [4.69, 9.17) is 14.1 Å². The largest absolute Gasteiger partial charge is 0.486 e. The Balaban J connectivity index is 1.19. The normalized spacial score (nSPS) is 17.4. The summed E-state index contributed by atoms with van der Waals surface area (Å²) < 4.78 is 12.3. The van der Waals surface area contributed by atoms with Crippen molar-refractivity contribution < 1.29 is 18.7 Å². The number of nitrogens with zero attached hydrogens (tertiary/aromatic N) is 1. The molecule has 2 amide bonds. The van der Waals surface area contributed by atoms with Crippen LogP contribution in [-0.4, -0.2) is 16.8 Å². The third kappa shape index (κ3) is 4.87. The number of amides is 2. The van der Waals surface area contributed by atoms with Gasteiger partial charge in [-0.2, -0.15) is 0 Å². The summed E-state index contributed by atoms with van der Waals surface area (Å²) in [5, 5.41) is 0.936. The van der Waals surface area contributed by atoms with E-state index < -0.39 is 5.91 Å². The molecule has 2 aromatic carbocycles. The van der Waals surface area contributed by atoms with Crippen molar-refractivity contribution in [1.82, 2.24) is 15.8 Å². The summed E-state index contributed by atoms with van der Waals surface area (Å²) in [6.45, 7) is 0.196. The van der Waals surface area contributed by atoms with Crippen LogP contribution in [0.3, 0.4) is 0 Å². The van der Waals surface area contributed by atoms with E-state index in [0.717, 1.165) is 21.6 Å². The Morgan fingerprint density at radius 3 is 2.62 bits per heavy atom. The standard InChI is InChI=1S/C26H23N3O4S/c30-24(19-10-4-5-11-20(19)26-27-21-12-6-7-13-23(21)34-26)28-29-25(31)22-15-14-18(33-22)16-32-17-8-2-1-3-9-17/h1-9,12-15,19-20H,10-11,16H2,(H,28,30)(H,29,31). The monoisotopic (exact) mass is 473 g/mol. The summed E-state index contributed by atoms with van der Waals surface area (Å²) >= 11 is 1.61. The third-order valence-electron chi connectivity index (χ3n) is 5.71. The molecule has 0 spiro atoms. The minimum atomic E-state index is -0.526. The molecule has 2 unspecified atom stereocenters. The molecule has 2 heterocycles. The minimum Gasteiger partial charge on any atom is -0.486 e. The van der Waals surface area contributed by atoms with E-state index in [1.54, 1.807) is 23.5 Å². The van der Waals surface area contributed by atoms with E-state index in [1.165, 1.54) is 0 Å². The Morgan fingerprint density at radius 1 is 0.971 bits per heavy atom. The highest BCUT2D eigenvalue weighted by Crippen LogP contribution is 2.38. The summed E-state index contributed by atoms with van der Waals surface area (Å²) in [6.07, 6.45) is 5.40. The number of para-hydroxylation sites is 2. The quantitative estimate of drug-likeness (QED) is 0.304. The number of hydrazine groups is 1. The number of aromatic nitrogens is 1. The number of rotatable bonds is 6. The van der Waals surface area contributed by atoms with Crippen molar-refractivity contribution in [3.8, 4) is 5.75 Å². The van der Waals surface area contributed by atoms with Gasteiger partial charge in [0.2, 0.25) is 5.91 Å². The van der Waals surface area contributed by atoms with Crippen molar-refractivity contribution >= 4 is 33.4 Å². The molecule has 172 valence electrons. The van der Waals surface area contributed by atoms with Crippen LogP contribution in [0.5, 0.6) is 5.75 Å². The van der Waals surface area contributed by atoms with Crippen LogP contribution in [0.4, 0.5) is 0 Å². The molecule has 1 aliphatic rings. The average Bonchev–Trinajstić information content (AvgIpc) is 3.54. The molecule has 0 bridgehead atoms. The lowest BCUT2D eigenvalue weighted by Gasteiger charge is -2.25. The van der Waals surface area contributed by atoms with Crippen molar-refractivity contribution in [2.75, 3.05) is 0 Å². The highest BCUT2D eigenvalue weighted by Gasteiger charge is 2.32. The van der Waals surface area contributed by atoms with E-state index in [1.807, 2.05) is 60.7 Å². The Morgan fingerprint density at radius 2 is 1.76 bits per heavy atom. The van der Waals surface area contributed by atoms with E-state index in [0.29, 0.717) is 17.9 Å². The number of benzene rings is 2. The Labute approximate surface area is 200 Å². The Bertz CT molecular complexity index is 1300. The van der Waals surface area contributed by atoms with E-state index in [-0.39, 0.29) is 30.1 Å². The number of thiazole rings is 1. The number of hydrogen-bond acceptors (Lipinski definition) is 6. The smallest absolute Gasteiger partial charge is 0.305 e. The average molecular weight is 474 g/mol. The molecule has 0 saturated carbocycles. The van der Waals surface area contributed by atoms with Gasteiger partial charge in [0, 0.05) is 5.92 Å². The number of carbonyl (C=O) groups is 2. The van der Waals surface area contributed by atoms with E-state index in [9.17, 15) is 9.59 Å². The number of carbonyl (C=O) groups excluding carboxylic acids is 2. The zero-order chi connectivity index (χ0) is 23.3. The second-order valence-corrected chi connectivity index (χ2v) is 9.05. The van der Waals surface area contributed by atoms with Crippen LogP contribution in [0, 0.1) is 5.92 Å². The molecule has 0 fully saturated rings. The SMILES string of the molecule is O=C(NNC(=O)C1CC=CCC1c1nc2ccccc2s1)c1ccc(COc2ccccc2)o1. The maximum Gasteiger partial charge on any atom is 0.305 e. The lowest BCUT2D eigenvalue weighted by Crippen LogP contribution is -2.46. The fourth-order valence-electron chi connectivity index (χ4n) is 3.95. The second-order valence-electron chi connectivity index (χ2n) is 7.99. The van der Waals surface area contributed by atoms with Gasteiger partial charge in [0.25, 0.3) is 0 Å². The molecule has 34 heavy (non-hydrogen) atoms. The lowest BCUT2D eigenvalue weighted by atomic mass is 9.83. The van der Waals surface area contributed by atoms with Crippen molar-refractivity contribution in [3.63, 3.8) is 0 Å². The van der Waals surface area contributed by atoms with Gasteiger partial charge in [0.05, 0.1) is 21.1 Å². The number of allylic oxidation sites excluding steroid dienone is 2. The first kappa shape index (κ1) is 21.9. The molecule has 0 saturated heterocycles. The van der Waals surface area contributed by atoms with Crippen LogP contribution in [0.15, 0.2) is 83.3 Å². The fourth-order valence-corrected chi connectivity index (χ4v) is 5.09. The molecule has 4 aromatic rings. The van der Waals surface area contributed by atoms with Crippen molar-refractivity contribution in [3.05, 3.63) is 95.4 Å². The number of nitrogens with one attached hydrogen (secondary N) is 2. The Kier molecular flexibility index (Phi) is 6.40. The first-order valence-electron chi connectivity index (χ1n) is 11.0. The van der Waals surface area contributed by atoms with Crippen LogP contribution >= 0.6 is 11.3 Å². The zero-order valence-electron chi connectivity index (χ0n) is 18.3. The molecular weight excluding hydrogens is 450 g/mol. The van der Waals surface area contributed by atoms with Crippen molar-refractivity contribution in [2.24, 2.45) is 5.92 Å². The second kappa shape index (κ2) is 9.93. The van der Waals surface area contributed by atoms with Crippen LogP contribution in [0.25, 0.3) is 10.2 Å². The predicted octanol–water partition coefficient (Wildman–Crippen LogP) is 4.98. The number of furan rings is 1. The third-order valence-corrected chi connectivity index (χ3v) is 6.87. The molecule has 1 aliphatic carbocycles. The molecule has 2 aromatic heterocycles. The minimum absolute atomic E-state index is 0.0374. The number of ether oxygens (including phenoxy) is 1. The summed E-state index contributed by atoms with van der Waals surface area (Å²) in [7, 11) is 0. The molecular formula is C26H23N3O4S. The number of hydrogen-bond donors (Lipinski definition) is 2. The fraction of sp³-hybridized carbons (Fsp3) is 0.192. The maximum atomic E-state index is 13.0. The van der Waals surface area contributed by atoms with E-state index in [2.05, 4.69) is 16.9 Å². The lowest BCUT2D eigenvalue weighted by molar-refractivity contribution is -0.126. The van der Waals surface area contributed by atoms with E-state index >= 15 is 0 Å². The molecule has 0 radical (unpaired) electrons. The summed E-state index contributed by atoms with van der Waals surface area (Å²) in [5.74, 6) is 0.179. The van der Waals surface area contributed by atoms with Gasteiger partial charge < -0.3 is 9.15 Å². The van der Waals surface area contributed by atoms with Crippen molar-refractivity contribution in [2.45, 2.75) is 25.4 Å². The van der Waals surface area contributed by atoms with Crippen LogP contribution in [0.1, 0.15) is 40.1 Å². The predicted molar refractivity (Wildman–Crippen MR) is 129 cm³/mol. The summed E-state index contributed by atoms with van der Waals surface area (Å²) in [4.78, 5) is 30.2. The highest BCUT2D eigenvalue weighted by atomic mass is 32.1. The maximum absolute atomic E-state index is 13.0. The molecule has 0 aliphatic heterocycles. The van der Waals surface area contributed by atoms with Gasteiger partial charge in [-0.3, -0.25) is 20.4 Å². The van der Waals surface area contributed by atoms with Crippen LogP contribution < -0.4 is 15.6 Å². The molecule has 2 N–H and O–H groups in total. The van der Waals surface area contributed by atoms with Gasteiger partial charge >= 0.3 is 5.91 Å². The van der Waals surface area contributed by atoms with Gasteiger partial charge in [-0.05, 0) is 49.2 Å². The van der Waals surface area contributed by atoms with Crippen molar-refractivity contribution in [1.29, 1.82) is 0 Å². The molecule has 8 heteroatoms. The Hall–Kier alpha value is -3.91. The highest BCUT2D eigenvalue weighted by molar-refractivity contribution is 7.18. The molecule has 2 atom stereocenters. The topological polar surface area (TPSA) is 93.5 Å². The van der Waals surface area contributed by atoms with Gasteiger partial charge in [-0.25, -0.2) is 4.98 Å². The van der Waals surface area contributed by atoms with Gasteiger partial charge in [0.1, 0.15) is 18.1 Å².